The van der Waals surface area contributed by atoms with Gasteiger partial charge in [-0.15, -0.1) is 12.4 Å². The SMILES string of the molecule is Cl.N[C@@H]1CCCN(C(=O)CSC(F)(F)F)C1. The molecule has 0 saturated carbocycles. The molecule has 0 aromatic heterocycles. The molecule has 16 heavy (non-hydrogen) atoms. The summed E-state index contributed by atoms with van der Waals surface area (Å²) in [5, 5.41) is 0. The molecule has 1 heterocycles. The predicted molar refractivity (Wildman–Crippen MR) is 59.6 cm³/mol. The van der Waals surface area contributed by atoms with E-state index in [0.29, 0.717) is 13.1 Å². The van der Waals surface area contributed by atoms with Gasteiger partial charge in [0.15, 0.2) is 0 Å². The van der Waals surface area contributed by atoms with Crippen molar-refractivity contribution in [2.75, 3.05) is 18.8 Å². The highest BCUT2D eigenvalue weighted by Crippen LogP contribution is 2.30. The Hall–Kier alpha value is -0.140. The molecule has 2 N–H and O–H groups in total. The number of amides is 1. The molecule has 0 bridgehead atoms. The van der Waals surface area contributed by atoms with E-state index in [4.69, 9.17) is 5.73 Å². The molecule has 1 rings (SSSR count). The summed E-state index contributed by atoms with van der Waals surface area (Å²) in [5.41, 5.74) is 1.28. The minimum Gasteiger partial charge on any atom is -0.340 e. The third-order valence-electron chi connectivity index (χ3n) is 2.17. The number of thioether (sulfide) groups is 1. The van der Waals surface area contributed by atoms with E-state index in [9.17, 15) is 18.0 Å². The van der Waals surface area contributed by atoms with Crippen LogP contribution in [-0.2, 0) is 4.79 Å². The van der Waals surface area contributed by atoms with Crippen LogP contribution in [0.4, 0.5) is 13.2 Å². The first-order valence-electron chi connectivity index (χ1n) is 4.62. The van der Waals surface area contributed by atoms with E-state index < -0.39 is 17.2 Å². The lowest BCUT2D eigenvalue weighted by Gasteiger charge is -2.30. The maximum absolute atomic E-state index is 11.8. The zero-order chi connectivity index (χ0) is 11.5. The molecule has 0 radical (unpaired) electrons. The number of hydrogen-bond acceptors (Lipinski definition) is 3. The number of piperidine rings is 1. The second kappa shape index (κ2) is 6.56. The van der Waals surface area contributed by atoms with Crippen molar-refractivity contribution in [3.63, 3.8) is 0 Å². The summed E-state index contributed by atoms with van der Waals surface area (Å²) in [5.74, 6) is -1.02. The Morgan fingerprint density at radius 2 is 2.12 bits per heavy atom. The van der Waals surface area contributed by atoms with Gasteiger partial charge in [0, 0.05) is 19.1 Å². The fourth-order valence-electron chi connectivity index (χ4n) is 1.47. The molecule has 0 aromatic rings. The van der Waals surface area contributed by atoms with E-state index in [1.165, 1.54) is 4.90 Å². The van der Waals surface area contributed by atoms with Gasteiger partial charge in [-0.1, -0.05) is 0 Å². The first kappa shape index (κ1) is 15.9. The fourth-order valence-corrected chi connectivity index (χ4v) is 1.94. The number of alkyl halides is 3. The van der Waals surface area contributed by atoms with Crippen LogP contribution in [-0.4, -0.2) is 41.2 Å². The van der Waals surface area contributed by atoms with Gasteiger partial charge in [-0.05, 0) is 24.6 Å². The Balaban J connectivity index is 0.00000225. The largest absolute Gasteiger partial charge is 0.442 e. The molecule has 1 saturated heterocycles. The summed E-state index contributed by atoms with van der Waals surface area (Å²) in [6.07, 6.45) is 1.60. The average molecular weight is 279 g/mol. The highest BCUT2D eigenvalue weighted by atomic mass is 35.5. The third-order valence-corrected chi connectivity index (χ3v) is 2.89. The van der Waals surface area contributed by atoms with Crippen LogP contribution < -0.4 is 5.73 Å². The smallest absolute Gasteiger partial charge is 0.340 e. The van der Waals surface area contributed by atoms with Crippen LogP contribution in [0.2, 0.25) is 0 Å². The van der Waals surface area contributed by atoms with Crippen molar-refractivity contribution in [1.29, 1.82) is 0 Å². The van der Waals surface area contributed by atoms with E-state index >= 15 is 0 Å². The Labute approximate surface area is 102 Å². The van der Waals surface area contributed by atoms with Crippen molar-refractivity contribution >= 4 is 30.1 Å². The lowest BCUT2D eigenvalue weighted by molar-refractivity contribution is -0.129. The minimum atomic E-state index is -4.34. The molecule has 8 heteroatoms. The lowest BCUT2D eigenvalue weighted by Crippen LogP contribution is -2.46. The molecular weight excluding hydrogens is 265 g/mol. The maximum atomic E-state index is 11.8. The van der Waals surface area contributed by atoms with Crippen molar-refractivity contribution in [1.82, 2.24) is 4.90 Å². The lowest BCUT2D eigenvalue weighted by atomic mass is 10.1. The van der Waals surface area contributed by atoms with Crippen molar-refractivity contribution in [2.45, 2.75) is 24.4 Å². The molecule has 0 spiro atoms. The van der Waals surface area contributed by atoms with Crippen LogP contribution in [0.15, 0.2) is 0 Å². The van der Waals surface area contributed by atoms with E-state index in [1.807, 2.05) is 0 Å². The third kappa shape index (κ3) is 5.81. The molecule has 0 aromatic carbocycles. The highest BCUT2D eigenvalue weighted by molar-refractivity contribution is 8.00. The summed E-state index contributed by atoms with van der Waals surface area (Å²) in [7, 11) is 0. The first-order chi connectivity index (χ1) is 6.88. The summed E-state index contributed by atoms with van der Waals surface area (Å²) in [6, 6.07) is -0.0985. The number of hydrogen-bond donors (Lipinski definition) is 1. The monoisotopic (exact) mass is 278 g/mol. The average Bonchev–Trinajstić information content (AvgIpc) is 2.13. The normalized spacial score (nSPS) is 21.5. The highest BCUT2D eigenvalue weighted by Gasteiger charge is 2.31. The summed E-state index contributed by atoms with van der Waals surface area (Å²) in [4.78, 5) is 12.7. The molecule has 1 aliphatic rings. The molecule has 96 valence electrons. The number of nitrogens with two attached hydrogens (primary N) is 1. The number of rotatable bonds is 2. The fraction of sp³-hybridized carbons (Fsp3) is 0.875. The first-order valence-corrected chi connectivity index (χ1v) is 5.61. The van der Waals surface area contributed by atoms with Gasteiger partial charge in [0.1, 0.15) is 0 Å². The predicted octanol–water partition coefficient (Wildman–Crippen LogP) is 1.61. The molecule has 3 nitrogen and oxygen atoms in total. The number of carbonyl (C=O) groups excluding carboxylic acids is 1. The molecule has 1 aliphatic heterocycles. The van der Waals surface area contributed by atoms with Gasteiger partial charge in [0.25, 0.3) is 0 Å². The standard InChI is InChI=1S/C8H13F3N2OS.ClH/c9-8(10,11)15-5-7(14)13-3-1-2-6(12)4-13;/h6H,1-5,12H2;1H/t6-;/m1./s1. The number of carbonyl (C=O) groups is 1. The maximum Gasteiger partial charge on any atom is 0.442 e. The molecule has 1 atom stereocenters. The Kier molecular flexibility index (Phi) is 6.50. The van der Waals surface area contributed by atoms with Gasteiger partial charge in [-0.2, -0.15) is 13.2 Å². The van der Waals surface area contributed by atoms with Crippen molar-refractivity contribution in [2.24, 2.45) is 5.73 Å². The zero-order valence-corrected chi connectivity index (χ0v) is 10.1. The van der Waals surface area contributed by atoms with E-state index in [1.54, 1.807) is 0 Å². The number of likely N-dealkylation sites (tertiary alicyclic amines) is 1. The van der Waals surface area contributed by atoms with Crippen LogP contribution in [0.1, 0.15) is 12.8 Å². The molecule has 1 fully saturated rings. The van der Waals surface area contributed by atoms with Crippen LogP contribution in [0.25, 0.3) is 0 Å². The van der Waals surface area contributed by atoms with E-state index in [2.05, 4.69) is 0 Å². The van der Waals surface area contributed by atoms with Gasteiger partial charge < -0.3 is 10.6 Å². The topological polar surface area (TPSA) is 46.3 Å². The zero-order valence-electron chi connectivity index (χ0n) is 8.50. The number of nitrogens with zero attached hydrogens (tertiary/aromatic N) is 1. The quantitative estimate of drug-likeness (QED) is 0.835. The summed E-state index contributed by atoms with van der Waals surface area (Å²) < 4.78 is 35.5. The van der Waals surface area contributed by atoms with E-state index in [0.717, 1.165) is 12.8 Å². The Bertz CT molecular complexity index is 240. The van der Waals surface area contributed by atoms with Crippen LogP contribution in [0.3, 0.4) is 0 Å². The van der Waals surface area contributed by atoms with Crippen LogP contribution >= 0.6 is 24.2 Å². The Morgan fingerprint density at radius 3 is 2.62 bits per heavy atom. The van der Waals surface area contributed by atoms with Crippen molar-refractivity contribution in [3.8, 4) is 0 Å². The number of halogens is 4. The van der Waals surface area contributed by atoms with Crippen molar-refractivity contribution < 1.29 is 18.0 Å². The van der Waals surface area contributed by atoms with Crippen LogP contribution in [0, 0.1) is 0 Å². The minimum absolute atomic E-state index is 0. The molecule has 0 unspecified atom stereocenters. The van der Waals surface area contributed by atoms with Crippen LogP contribution in [0.5, 0.6) is 0 Å². The molecule has 0 aliphatic carbocycles. The summed E-state index contributed by atoms with van der Waals surface area (Å²) >= 11 is -0.295. The second-order valence-electron chi connectivity index (χ2n) is 3.48. The summed E-state index contributed by atoms with van der Waals surface area (Å²) in [6.45, 7) is 0.891. The Morgan fingerprint density at radius 1 is 1.50 bits per heavy atom. The van der Waals surface area contributed by atoms with E-state index in [-0.39, 0.29) is 30.2 Å². The molecular formula is C8H14ClF3N2OS. The van der Waals surface area contributed by atoms with Gasteiger partial charge >= 0.3 is 5.51 Å². The molecule has 1 amide bonds. The van der Waals surface area contributed by atoms with Gasteiger partial charge in [-0.3, -0.25) is 4.79 Å². The second-order valence-corrected chi connectivity index (χ2v) is 4.52. The van der Waals surface area contributed by atoms with Gasteiger partial charge in [-0.25, -0.2) is 0 Å². The van der Waals surface area contributed by atoms with Gasteiger partial charge in [0.05, 0.1) is 5.75 Å². The van der Waals surface area contributed by atoms with Gasteiger partial charge in [0.2, 0.25) is 5.91 Å². The van der Waals surface area contributed by atoms with Crippen molar-refractivity contribution in [3.05, 3.63) is 0 Å².